The Morgan fingerprint density at radius 1 is 1.44 bits per heavy atom. The van der Waals surface area contributed by atoms with Gasteiger partial charge in [-0.3, -0.25) is 9.69 Å². The molecule has 3 heteroatoms. The maximum atomic E-state index is 11.6. The molecule has 1 unspecified atom stereocenters. The number of terminal acetylenes is 1. The highest BCUT2D eigenvalue weighted by molar-refractivity contribution is 5.78. The molecule has 0 radical (unpaired) electrons. The summed E-state index contributed by atoms with van der Waals surface area (Å²) in [6.07, 6.45) is 6.22. The van der Waals surface area contributed by atoms with Crippen LogP contribution in [0.4, 0.5) is 0 Å². The molecule has 1 saturated heterocycles. The lowest BCUT2D eigenvalue weighted by atomic mass is 9.99. The van der Waals surface area contributed by atoms with Gasteiger partial charge in [0.1, 0.15) is 0 Å². The smallest absolute Gasteiger partial charge is 0.234 e. The molecule has 94 valence electrons. The van der Waals surface area contributed by atoms with E-state index in [2.05, 4.69) is 40.4 Å². The lowest BCUT2D eigenvalue weighted by Crippen LogP contribution is -2.36. The highest BCUT2D eigenvalue weighted by Crippen LogP contribution is 2.26. The van der Waals surface area contributed by atoms with Crippen LogP contribution in [0, 0.1) is 12.3 Å². The standard InChI is InChI=1S/C15H18N2O/c1-2-9-16-15(18)12-17-10-8-14(11-17)13-6-4-3-5-7-13/h1,3-7,14H,8-12H2,(H,16,18). The Kier molecular flexibility index (Phi) is 4.38. The molecule has 18 heavy (non-hydrogen) atoms. The van der Waals surface area contributed by atoms with Crippen molar-refractivity contribution in [1.82, 2.24) is 10.2 Å². The first-order valence-corrected chi connectivity index (χ1v) is 6.27. The molecule has 0 aliphatic carbocycles. The van der Waals surface area contributed by atoms with Gasteiger partial charge in [0.25, 0.3) is 0 Å². The fraction of sp³-hybridized carbons (Fsp3) is 0.400. The Balaban J connectivity index is 1.82. The molecule has 1 aromatic carbocycles. The molecule has 1 N–H and O–H groups in total. The van der Waals surface area contributed by atoms with E-state index in [0.717, 1.165) is 19.5 Å². The zero-order valence-corrected chi connectivity index (χ0v) is 10.4. The van der Waals surface area contributed by atoms with E-state index in [9.17, 15) is 4.79 Å². The van der Waals surface area contributed by atoms with Gasteiger partial charge in [0.15, 0.2) is 0 Å². The van der Waals surface area contributed by atoms with Gasteiger partial charge in [-0.05, 0) is 24.4 Å². The quantitative estimate of drug-likeness (QED) is 0.805. The normalized spacial score (nSPS) is 19.4. The van der Waals surface area contributed by atoms with E-state index in [4.69, 9.17) is 6.42 Å². The van der Waals surface area contributed by atoms with Gasteiger partial charge >= 0.3 is 0 Å². The van der Waals surface area contributed by atoms with Gasteiger partial charge in [-0.15, -0.1) is 6.42 Å². The fourth-order valence-electron chi connectivity index (χ4n) is 2.38. The van der Waals surface area contributed by atoms with E-state index < -0.39 is 0 Å². The molecule has 2 rings (SSSR count). The topological polar surface area (TPSA) is 32.3 Å². The van der Waals surface area contributed by atoms with Crippen molar-refractivity contribution in [3.05, 3.63) is 35.9 Å². The van der Waals surface area contributed by atoms with Crippen molar-refractivity contribution in [3.8, 4) is 12.3 Å². The van der Waals surface area contributed by atoms with Gasteiger partial charge in [-0.1, -0.05) is 36.3 Å². The second-order valence-corrected chi connectivity index (χ2v) is 4.61. The Morgan fingerprint density at radius 2 is 2.22 bits per heavy atom. The number of hydrogen-bond acceptors (Lipinski definition) is 2. The molecule has 0 saturated carbocycles. The van der Waals surface area contributed by atoms with Gasteiger partial charge in [-0.25, -0.2) is 0 Å². The van der Waals surface area contributed by atoms with Crippen molar-refractivity contribution in [2.24, 2.45) is 0 Å². The molecule has 1 aromatic rings. The number of nitrogens with zero attached hydrogens (tertiary/aromatic N) is 1. The first-order valence-electron chi connectivity index (χ1n) is 6.27. The Hall–Kier alpha value is -1.79. The van der Waals surface area contributed by atoms with Crippen molar-refractivity contribution in [3.63, 3.8) is 0 Å². The number of likely N-dealkylation sites (tertiary alicyclic amines) is 1. The number of carbonyl (C=O) groups excluding carboxylic acids is 1. The van der Waals surface area contributed by atoms with E-state index in [0.29, 0.717) is 19.0 Å². The molecule has 0 bridgehead atoms. The largest absolute Gasteiger partial charge is 0.344 e. The maximum Gasteiger partial charge on any atom is 0.234 e. The maximum absolute atomic E-state index is 11.6. The average Bonchev–Trinajstić information content (AvgIpc) is 2.86. The van der Waals surface area contributed by atoms with E-state index in [1.54, 1.807) is 0 Å². The summed E-state index contributed by atoms with van der Waals surface area (Å²) in [4.78, 5) is 13.7. The van der Waals surface area contributed by atoms with Crippen LogP contribution >= 0.6 is 0 Å². The molecule has 1 atom stereocenters. The van der Waals surface area contributed by atoms with Crippen molar-refractivity contribution >= 4 is 5.91 Å². The van der Waals surface area contributed by atoms with Gasteiger partial charge in [0.05, 0.1) is 13.1 Å². The molecule has 1 amide bonds. The second-order valence-electron chi connectivity index (χ2n) is 4.61. The van der Waals surface area contributed by atoms with E-state index in [1.165, 1.54) is 5.56 Å². The molecular formula is C15H18N2O. The second kappa shape index (κ2) is 6.23. The summed E-state index contributed by atoms with van der Waals surface area (Å²) < 4.78 is 0. The van der Waals surface area contributed by atoms with Crippen LogP contribution in [-0.2, 0) is 4.79 Å². The lowest BCUT2D eigenvalue weighted by Gasteiger charge is -2.15. The average molecular weight is 242 g/mol. The van der Waals surface area contributed by atoms with E-state index in [1.807, 2.05) is 6.07 Å². The van der Waals surface area contributed by atoms with Crippen LogP contribution in [0.1, 0.15) is 17.9 Å². The summed E-state index contributed by atoms with van der Waals surface area (Å²) in [5.41, 5.74) is 1.36. The number of nitrogens with one attached hydrogen (secondary N) is 1. The van der Waals surface area contributed by atoms with Crippen LogP contribution < -0.4 is 5.32 Å². The minimum atomic E-state index is 0.0154. The van der Waals surface area contributed by atoms with Crippen LogP contribution in [0.25, 0.3) is 0 Å². The number of hydrogen-bond donors (Lipinski definition) is 1. The van der Waals surface area contributed by atoms with Crippen molar-refractivity contribution in [2.75, 3.05) is 26.2 Å². The first kappa shape index (κ1) is 12.7. The Labute approximate surface area is 108 Å². The number of amides is 1. The lowest BCUT2D eigenvalue weighted by molar-refractivity contribution is -0.121. The molecule has 1 aliphatic rings. The van der Waals surface area contributed by atoms with E-state index >= 15 is 0 Å². The van der Waals surface area contributed by atoms with Crippen molar-refractivity contribution < 1.29 is 4.79 Å². The predicted octanol–water partition coefficient (Wildman–Crippen LogP) is 1.23. The summed E-state index contributed by atoms with van der Waals surface area (Å²) in [6, 6.07) is 10.5. The zero-order chi connectivity index (χ0) is 12.8. The van der Waals surface area contributed by atoms with Crippen LogP contribution in [-0.4, -0.2) is 37.0 Å². The predicted molar refractivity (Wildman–Crippen MR) is 72.1 cm³/mol. The third-order valence-electron chi connectivity index (χ3n) is 3.30. The number of carbonyl (C=O) groups is 1. The summed E-state index contributed by atoms with van der Waals surface area (Å²) >= 11 is 0. The van der Waals surface area contributed by atoms with Gasteiger partial charge in [0, 0.05) is 6.54 Å². The van der Waals surface area contributed by atoms with Crippen LogP contribution in [0.15, 0.2) is 30.3 Å². The molecule has 3 nitrogen and oxygen atoms in total. The zero-order valence-electron chi connectivity index (χ0n) is 10.4. The van der Waals surface area contributed by atoms with Crippen molar-refractivity contribution in [2.45, 2.75) is 12.3 Å². The fourth-order valence-corrected chi connectivity index (χ4v) is 2.38. The van der Waals surface area contributed by atoms with Crippen LogP contribution in [0.2, 0.25) is 0 Å². The van der Waals surface area contributed by atoms with Crippen LogP contribution in [0.5, 0.6) is 0 Å². The van der Waals surface area contributed by atoms with Gasteiger partial charge in [0.2, 0.25) is 5.91 Å². The highest BCUT2D eigenvalue weighted by atomic mass is 16.2. The van der Waals surface area contributed by atoms with Gasteiger partial charge < -0.3 is 5.32 Å². The number of benzene rings is 1. The molecular weight excluding hydrogens is 224 g/mol. The van der Waals surface area contributed by atoms with Crippen LogP contribution in [0.3, 0.4) is 0 Å². The van der Waals surface area contributed by atoms with E-state index in [-0.39, 0.29) is 5.91 Å². The molecule has 1 heterocycles. The summed E-state index contributed by atoms with van der Waals surface area (Å²) in [5, 5.41) is 2.70. The molecule has 1 aliphatic heterocycles. The Morgan fingerprint density at radius 3 is 2.94 bits per heavy atom. The third-order valence-corrected chi connectivity index (χ3v) is 3.30. The monoisotopic (exact) mass is 242 g/mol. The summed E-state index contributed by atoms with van der Waals surface area (Å²) in [7, 11) is 0. The third kappa shape index (κ3) is 3.35. The Bertz CT molecular complexity index is 436. The first-order chi connectivity index (χ1) is 8.79. The summed E-state index contributed by atoms with van der Waals surface area (Å²) in [5.74, 6) is 2.97. The van der Waals surface area contributed by atoms with Crippen molar-refractivity contribution in [1.29, 1.82) is 0 Å². The number of rotatable bonds is 4. The van der Waals surface area contributed by atoms with Gasteiger partial charge in [-0.2, -0.15) is 0 Å². The molecule has 0 aromatic heterocycles. The summed E-state index contributed by atoms with van der Waals surface area (Å²) in [6.45, 7) is 2.69. The SMILES string of the molecule is C#CCNC(=O)CN1CCC(c2ccccc2)C1. The minimum Gasteiger partial charge on any atom is -0.344 e. The highest BCUT2D eigenvalue weighted by Gasteiger charge is 2.24. The molecule has 1 fully saturated rings. The minimum absolute atomic E-state index is 0.0154. The molecule has 0 spiro atoms.